The molecule has 2 atom stereocenters. The summed E-state index contributed by atoms with van der Waals surface area (Å²) in [5.41, 5.74) is 6.55. The van der Waals surface area contributed by atoms with Gasteiger partial charge >= 0.3 is 0 Å². The van der Waals surface area contributed by atoms with Crippen molar-refractivity contribution in [3.63, 3.8) is 0 Å². The zero-order valence-corrected chi connectivity index (χ0v) is 21.5. The molecule has 0 bridgehead atoms. The van der Waals surface area contributed by atoms with Crippen molar-refractivity contribution in [1.29, 1.82) is 0 Å². The van der Waals surface area contributed by atoms with Crippen molar-refractivity contribution in [2.45, 2.75) is 64.1 Å². The predicted molar refractivity (Wildman–Crippen MR) is 130 cm³/mol. The minimum absolute atomic E-state index is 0.00149. The van der Waals surface area contributed by atoms with Gasteiger partial charge in [-0.15, -0.1) is 17.4 Å². The normalized spacial score (nSPS) is 13.7. The third-order valence-electron chi connectivity index (χ3n) is 4.46. The van der Waals surface area contributed by atoms with Crippen LogP contribution >= 0.6 is 0 Å². The van der Waals surface area contributed by atoms with E-state index >= 15 is 0 Å². The second-order valence-electron chi connectivity index (χ2n) is 9.68. The Labute approximate surface area is 179 Å². The molecular formula is C24H40AlNOSi. The lowest BCUT2D eigenvalue weighted by atomic mass is 9.81. The average molecular weight is 414 g/mol. The van der Waals surface area contributed by atoms with Gasteiger partial charge in [0.15, 0.2) is 0 Å². The van der Waals surface area contributed by atoms with E-state index in [-0.39, 0.29) is 31.7 Å². The minimum Gasteiger partial charge on any atom is -0.406 e. The van der Waals surface area contributed by atoms with Gasteiger partial charge in [0, 0.05) is 6.04 Å². The number of hydrogen-bond donors (Lipinski definition) is 1. The van der Waals surface area contributed by atoms with Crippen LogP contribution in [-0.2, 0) is 4.43 Å². The van der Waals surface area contributed by atoms with E-state index in [1.807, 2.05) is 0 Å². The van der Waals surface area contributed by atoms with Crippen molar-refractivity contribution in [2.75, 3.05) is 0 Å². The molecule has 2 N–H and O–H groups in total. The molecule has 2 aromatic carbocycles. The van der Waals surface area contributed by atoms with Gasteiger partial charge in [0.05, 0.1) is 6.10 Å². The van der Waals surface area contributed by atoms with Crippen LogP contribution in [0.25, 0.3) is 0 Å². The molecule has 0 heterocycles. The molecule has 0 aliphatic heterocycles. The van der Waals surface area contributed by atoms with Crippen molar-refractivity contribution < 1.29 is 4.43 Å². The van der Waals surface area contributed by atoms with Crippen LogP contribution < -0.4 is 16.1 Å². The number of hydrogen-bond acceptors (Lipinski definition) is 2. The predicted octanol–water partition coefficient (Wildman–Crippen LogP) is 4.31. The molecule has 2 aromatic rings. The largest absolute Gasteiger partial charge is 0.406 e. The van der Waals surface area contributed by atoms with E-state index < -0.39 is 9.04 Å². The summed E-state index contributed by atoms with van der Waals surface area (Å²) in [7, 11) is -1.79. The van der Waals surface area contributed by atoms with Crippen LogP contribution in [0.15, 0.2) is 60.7 Å². The van der Waals surface area contributed by atoms with E-state index in [0.29, 0.717) is 5.92 Å². The second-order valence-corrected chi connectivity index (χ2v) is 15.5. The molecule has 0 radical (unpaired) electrons. The van der Waals surface area contributed by atoms with Crippen LogP contribution in [0, 0.1) is 11.3 Å². The molecule has 0 spiro atoms. The topological polar surface area (TPSA) is 35.2 Å². The molecule has 0 aliphatic rings. The lowest BCUT2D eigenvalue weighted by Crippen LogP contribution is -2.56. The zero-order chi connectivity index (χ0) is 21.3. The maximum absolute atomic E-state index is 6.82. The maximum Gasteiger partial charge on any atom is 0.251 e. The fourth-order valence-electron chi connectivity index (χ4n) is 2.97. The standard InChI is InChI=1S/C21H31NOSi.3CH3.Al/c1-16(2)19(22)20(21(3,4)5)23-24(17-12-8-6-9-13-17)18-14-10-7-11-15-18;;;;/h6-16,19-20,24H,22H2,1-5H3;3*1H3;/t19-,20?;;;;/m0..../s1. The highest BCUT2D eigenvalue weighted by Crippen LogP contribution is 2.27. The van der Waals surface area contributed by atoms with Crippen molar-refractivity contribution in [1.82, 2.24) is 0 Å². The van der Waals surface area contributed by atoms with Gasteiger partial charge in [-0.05, 0) is 21.7 Å². The first-order chi connectivity index (χ1) is 13.0. The highest BCUT2D eigenvalue weighted by atomic mass is 28.3. The Bertz CT molecular complexity index is 613. The Morgan fingerprint density at radius 3 is 1.46 bits per heavy atom. The van der Waals surface area contributed by atoms with Crippen LogP contribution in [0.1, 0.15) is 34.6 Å². The van der Waals surface area contributed by atoms with Crippen molar-refractivity contribution >= 4 is 33.6 Å². The SMILES string of the molecule is CC(C)[C@H](N)C(O[SiH](c1ccccc1)c1ccccc1)C(C)(C)C.[CH3][Al]([CH3])[CH3]. The Kier molecular flexibility index (Phi) is 10.7. The molecule has 0 amide bonds. The zero-order valence-electron chi connectivity index (χ0n) is 19.1. The molecule has 28 heavy (non-hydrogen) atoms. The van der Waals surface area contributed by atoms with Gasteiger partial charge in [0.1, 0.15) is 0 Å². The average Bonchev–Trinajstić information content (AvgIpc) is 2.62. The lowest BCUT2D eigenvalue weighted by Gasteiger charge is -2.39. The molecule has 2 nitrogen and oxygen atoms in total. The summed E-state index contributed by atoms with van der Waals surface area (Å²) < 4.78 is 6.82. The Balaban J connectivity index is 0.000000892. The summed E-state index contributed by atoms with van der Waals surface area (Å²) >= 11 is -0.139. The maximum atomic E-state index is 6.82. The van der Waals surface area contributed by atoms with Crippen LogP contribution in [0.4, 0.5) is 0 Å². The van der Waals surface area contributed by atoms with Gasteiger partial charge in [-0.25, -0.2) is 0 Å². The van der Waals surface area contributed by atoms with Gasteiger partial charge < -0.3 is 10.2 Å². The van der Waals surface area contributed by atoms with E-state index in [9.17, 15) is 0 Å². The summed E-state index contributed by atoms with van der Waals surface area (Å²) in [5, 5.41) is 2.60. The van der Waals surface area contributed by atoms with Crippen LogP contribution in [-0.4, -0.2) is 35.3 Å². The Morgan fingerprint density at radius 2 is 1.18 bits per heavy atom. The molecule has 0 saturated heterocycles. The molecular weight excluding hydrogens is 373 g/mol. The summed E-state index contributed by atoms with van der Waals surface area (Å²) in [4.78, 5) is 0. The third kappa shape index (κ3) is 8.64. The van der Waals surface area contributed by atoms with Crippen LogP contribution in [0.3, 0.4) is 0 Å². The van der Waals surface area contributed by atoms with Crippen LogP contribution in [0.5, 0.6) is 0 Å². The van der Waals surface area contributed by atoms with Gasteiger partial charge in [-0.3, -0.25) is 0 Å². The first-order valence-electron chi connectivity index (χ1n) is 10.5. The summed E-state index contributed by atoms with van der Waals surface area (Å²) in [6.45, 7) is 11.0. The third-order valence-corrected chi connectivity index (χ3v) is 7.01. The summed E-state index contributed by atoms with van der Waals surface area (Å²) in [6.07, 6.45) is 0.0228. The molecule has 4 heteroatoms. The highest BCUT2D eigenvalue weighted by Gasteiger charge is 2.35. The van der Waals surface area contributed by atoms with E-state index in [0.717, 1.165) is 0 Å². The number of nitrogens with two attached hydrogens (primary N) is 1. The van der Waals surface area contributed by atoms with E-state index in [4.69, 9.17) is 10.2 Å². The number of benzene rings is 2. The second kappa shape index (κ2) is 12.0. The Hall–Kier alpha value is -0.891. The van der Waals surface area contributed by atoms with Crippen molar-refractivity contribution in [3.8, 4) is 0 Å². The first-order valence-corrected chi connectivity index (χ1v) is 15.6. The fourth-order valence-corrected chi connectivity index (χ4v) is 5.70. The van der Waals surface area contributed by atoms with Crippen molar-refractivity contribution in [3.05, 3.63) is 60.7 Å². The van der Waals surface area contributed by atoms with Crippen molar-refractivity contribution in [2.24, 2.45) is 17.1 Å². The fraction of sp³-hybridized carbons (Fsp3) is 0.500. The lowest BCUT2D eigenvalue weighted by molar-refractivity contribution is 0.0512. The molecule has 0 fully saturated rings. The van der Waals surface area contributed by atoms with Gasteiger partial charge in [0.2, 0.25) is 9.04 Å². The molecule has 0 aromatic heterocycles. The van der Waals surface area contributed by atoms with E-state index in [1.54, 1.807) is 0 Å². The smallest absolute Gasteiger partial charge is 0.251 e. The molecule has 0 saturated carbocycles. The quantitative estimate of drug-likeness (QED) is 0.716. The molecule has 0 aliphatic carbocycles. The summed E-state index contributed by atoms with van der Waals surface area (Å²) in [6, 6.07) is 21.2. The molecule has 1 unspecified atom stereocenters. The van der Waals surface area contributed by atoms with Gasteiger partial charge in [0.25, 0.3) is 14.1 Å². The molecule has 154 valence electrons. The monoisotopic (exact) mass is 413 g/mol. The van der Waals surface area contributed by atoms with Crippen LogP contribution in [0.2, 0.25) is 17.4 Å². The van der Waals surface area contributed by atoms with E-state index in [1.165, 1.54) is 10.4 Å². The summed E-state index contributed by atoms with van der Waals surface area (Å²) in [5.74, 6) is 7.30. The Morgan fingerprint density at radius 1 is 0.821 bits per heavy atom. The minimum atomic E-state index is -1.79. The first kappa shape index (κ1) is 25.1. The van der Waals surface area contributed by atoms with Gasteiger partial charge in [-0.1, -0.05) is 95.3 Å². The van der Waals surface area contributed by atoms with E-state index in [2.05, 4.69) is 113 Å². The molecule has 2 rings (SSSR count). The number of rotatable bonds is 6. The van der Waals surface area contributed by atoms with Gasteiger partial charge in [-0.2, -0.15) is 0 Å². The highest BCUT2D eigenvalue weighted by molar-refractivity contribution is 6.80.